The Kier molecular flexibility index (Phi) is 3.31. The molecule has 1 aromatic rings. The Balaban J connectivity index is 2.53. The average molecular weight is 179 g/mol. The topological polar surface area (TPSA) is 31.2 Å². The van der Waals surface area contributed by atoms with Crippen LogP contribution >= 0.6 is 0 Å². The minimum atomic E-state index is -0.300. The van der Waals surface area contributed by atoms with Crippen molar-refractivity contribution in [1.29, 1.82) is 0 Å². The van der Waals surface area contributed by atoms with Crippen molar-refractivity contribution in [2.75, 3.05) is 6.61 Å². The zero-order chi connectivity index (χ0) is 9.68. The first kappa shape index (κ1) is 9.58. The summed E-state index contributed by atoms with van der Waals surface area (Å²) in [5, 5.41) is 0. The van der Waals surface area contributed by atoms with Crippen LogP contribution < -0.4 is 0 Å². The van der Waals surface area contributed by atoms with Crippen molar-refractivity contribution in [1.82, 2.24) is 4.57 Å². The Bertz CT molecular complexity index is 312. The van der Waals surface area contributed by atoms with Crippen molar-refractivity contribution in [3.05, 3.63) is 30.1 Å². The number of aromatic nitrogens is 1. The van der Waals surface area contributed by atoms with Gasteiger partial charge in [-0.1, -0.05) is 0 Å². The molecule has 13 heavy (non-hydrogen) atoms. The lowest BCUT2D eigenvalue weighted by Crippen LogP contribution is -1.98. The van der Waals surface area contributed by atoms with E-state index in [-0.39, 0.29) is 5.97 Å². The van der Waals surface area contributed by atoms with Gasteiger partial charge in [0, 0.05) is 25.5 Å². The van der Waals surface area contributed by atoms with Gasteiger partial charge in [0.15, 0.2) is 0 Å². The fraction of sp³-hybridized carbons (Fsp3) is 0.300. The van der Waals surface area contributed by atoms with Crippen molar-refractivity contribution in [3.8, 4) is 0 Å². The minimum Gasteiger partial charge on any atom is -0.463 e. The number of esters is 1. The quantitative estimate of drug-likeness (QED) is 0.521. The number of carbonyl (C=O) groups is 1. The maximum Gasteiger partial charge on any atom is 0.330 e. The van der Waals surface area contributed by atoms with E-state index in [2.05, 4.69) is 0 Å². The van der Waals surface area contributed by atoms with E-state index in [4.69, 9.17) is 4.74 Å². The molecule has 1 heterocycles. The fourth-order valence-electron chi connectivity index (χ4n) is 0.978. The summed E-state index contributed by atoms with van der Waals surface area (Å²) in [5.74, 6) is -0.300. The summed E-state index contributed by atoms with van der Waals surface area (Å²) in [7, 11) is 1.93. The van der Waals surface area contributed by atoms with Gasteiger partial charge in [0.2, 0.25) is 0 Å². The molecule has 0 bridgehead atoms. The summed E-state index contributed by atoms with van der Waals surface area (Å²) in [5.41, 5.74) is 0.996. The first-order valence-corrected chi connectivity index (χ1v) is 4.19. The predicted molar refractivity (Wildman–Crippen MR) is 51.1 cm³/mol. The van der Waals surface area contributed by atoms with Crippen LogP contribution in [0.3, 0.4) is 0 Å². The van der Waals surface area contributed by atoms with Crippen LogP contribution in [0.25, 0.3) is 6.08 Å². The van der Waals surface area contributed by atoms with E-state index in [1.54, 1.807) is 13.0 Å². The normalized spacial score (nSPS) is 10.6. The molecule has 0 aliphatic rings. The second-order valence-corrected chi connectivity index (χ2v) is 2.70. The molecule has 70 valence electrons. The molecule has 0 atom stereocenters. The van der Waals surface area contributed by atoms with Crippen molar-refractivity contribution < 1.29 is 9.53 Å². The van der Waals surface area contributed by atoms with E-state index in [0.717, 1.165) is 5.56 Å². The molecule has 3 nitrogen and oxygen atoms in total. The van der Waals surface area contributed by atoms with Gasteiger partial charge in [0.05, 0.1) is 6.61 Å². The highest BCUT2D eigenvalue weighted by molar-refractivity contribution is 5.86. The number of ether oxygens (including phenoxy) is 1. The van der Waals surface area contributed by atoms with Gasteiger partial charge in [0.1, 0.15) is 0 Å². The summed E-state index contributed by atoms with van der Waals surface area (Å²) in [4.78, 5) is 10.9. The van der Waals surface area contributed by atoms with E-state index >= 15 is 0 Å². The first-order valence-electron chi connectivity index (χ1n) is 4.19. The molecule has 0 saturated heterocycles. The van der Waals surface area contributed by atoms with Crippen LogP contribution in [-0.4, -0.2) is 17.1 Å². The van der Waals surface area contributed by atoms with Crippen LogP contribution in [0.15, 0.2) is 24.5 Å². The third kappa shape index (κ3) is 3.15. The van der Waals surface area contributed by atoms with E-state index < -0.39 is 0 Å². The Hall–Kier alpha value is -1.51. The Labute approximate surface area is 77.6 Å². The van der Waals surface area contributed by atoms with Crippen LogP contribution in [0.1, 0.15) is 12.5 Å². The molecule has 1 rings (SSSR count). The lowest BCUT2D eigenvalue weighted by atomic mass is 10.3. The number of carbonyl (C=O) groups excluding carboxylic acids is 1. The fourth-order valence-corrected chi connectivity index (χ4v) is 0.978. The Morgan fingerprint density at radius 3 is 3.00 bits per heavy atom. The largest absolute Gasteiger partial charge is 0.463 e. The van der Waals surface area contributed by atoms with Gasteiger partial charge in [-0.3, -0.25) is 0 Å². The van der Waals surface area contributed by atoms with E-state index in [0.29, 0.717) is 6.61 Å². The highest BCUT2D eigenvalue weighted by Crippen LogP contribution is 2.01. The second kappa shape index (κ2) is 4.50. The molecule has 0 unspecified atom stereocenters. The zero-order valence-electron chi connectivity index (χ0n) is 7.86. The molecule has 0 spiro atoms. The third-order valence-electron chi connectivity index (χ3n) is 1.55. The zero-order valence-corrected chi connectivity index (χ0v) is 7.86. The summed E-state index contributed by atoms with van der Waals surface area (Å²) >= 11 is 0. The molecular weight excluding hydrogens is 166 g/mol. The second-order valence-electron chi connectivity index (χ2n) is 2.70. The van der Waals surface area contributed by atoms with Crippen LogP contribution in [0.4, 0.5) is 0 Å². The highest BCUT2D eigenvalue weighted by atomic mass is 16.5. The summed E-state index contributed by atoms with van der Waals surface area (Å²) in [6.45, 7) is 2.20. The third-order valence-corrected chi connectivity index (χ3v) is 1.55. The molecule has 3 heteroatoms. The van der Waals surface area contributed by atoms with Gasteiger partial charge in [-0.25, -0.2) is 4.79 Å². The maximum absolute atomic E-state index is 10.9. The highest BCUT2D eigenvalue weighted by Gasteiger charge is 1.93. The van der Waals surface area contributed by atoms with Gasteiger partial charge < -0.3 is 9.30 Å². The van der Waals surface area contributed by atoms with Crippen LogP contribution in [0, 0.1) is 0 Å². The average Bonchev–Trinajstić information content (AvgIpc) is 2.49. The van der Waals surface area contributed by atoms with Crippen molar-refractivity contribution in [3.63, 3.8) is 0 Å². The molecule has 0 aromatic carbocycles. The molecule has 0 aliphatic carbocycles. The minimum absolute atomic E-state index is 0.300. The number of aryl methyl sites for hydroxylation is 1. The van der Waals surface area contributed by atoms with E-state index in [9.17, 15) is 4.79 Å². The number of hydrogen-bond acceptors (Lipinski definition) is 2. The monoisotopic (exact) mass is 179 g/mol. The Morgan fingerprint density at radius 1 is 1.69 bits per heavy atom. The van der Waals surface area contributed by atoms with Crippen LogP contribution in [0.2, 0.25) is 0 Å². The van der Waals surface area contributed by atoms with E-state index in [1.165, 1.54) is 6.08 Å². The molecule has 0 amide bonds. The first-order chi connectivity index (χ1) is 6.22. The number of nitrogens with zero attached hydrogens (tertiary/aromatic N) is 1. The van der Waals surface area contributed by atoms with E-state index in [1.807, 2.05) is 30.1 Å². The number of hydrogen-bond donors (Lipinski definition) is 0. The van der Waals surface area contributed by atoms with Crippen LogP contribution in [0.5, 0.6) is 0 Å². The van der Waals surface area contributed by atoms with Gasteiger partial charge in [0.25, 0.3) is 0 Å². The van der Waals surface area contributed by atoms with Crippen LogP contribution in [-0.2, 0) is 16.6 Å². The molecule has 0 N–H and O–H groups in total. The predicted octanol–water partition coefficient (Wildman–Crippen LogP) is 1.60. The molecule has 0 radical (unpaired) electrons. The van der Waals surface area contributed by atoms with Crippen molar-refractivity contribution >= 4 is 12.0 Å². The summed E-state index contributed by atoms with van der Waals surface area (Å²) in [6.07, 6.45) is 7.01. The van der Waals surface area contributed by atoms with Crippen molar-refractivity contribution in [2.45, 2.75) is 6.92 Å². The molecule has 0 fully saturated rings. The van der Waals surface area contributed by atoms with Gasteiger partial charge in [-0.15, -0.1) is 0 Å². The lowest BCUT2D eigenvalue weighted by molar-refractivity contribution is -0.137. The number of rotatable bonds is 3. The van der Waals surface area contributed by atoms with Gasteiger partial charge in [-0.2, -0.15) is 0 Å². The molecule has 1 aromatic heterocycles. The van der Waals surface area contributed by atoms with Crippen molar-refractivity contribution in [2.24, 2.45) is 7.05 Å². The Morgan fingerprint density at radius 2 is 2.46 bits per heavy atom. The smallest absolute Gasteiger partial charge is 0.330 e. The lowest BCUT2D eigenvalue weighted by Gasteiger charge is -1.93. The molecule has 0 aliphatic heterocycles. The molecule has 0 saturated carbocycles. The maximum atomic E-state index is 10.9. The summed E-state index contributed by atoms with van der Waals surface area (Å²) in [6, 6.07) is 1.93. The van der Waals surface area contributed by atoms with Gasteiger partial charge in [-0.05, 0) is 24.6 Å². The summed E-state index contributed by atoms with van der Waals surface area (Å²) < 4.78 is 6.66. The molecular formula is C10H13NO2. The van der Waals surface area contributed by atoms with Gasteiger partial charge >= 0.3 is 5.97 Å². The SMILES string of the molecule is CCOC(=O)/C=C/c1ccn(C)c1. The standard InChI is InChI=1S/C10H13NO2/c1-3-13-10(12)5-4-9-6-7-11(2)8-9/h4-8H,3H2,1-2H3/b5-4+.